The Labute approximate surface area is 151 Å². The SMILES string of the molecule is NC(=O)c1ccc(S(=O)(=O)NCC(c2cccs2)N2CCCC2)cc1. The third kappa shape index (κ3) is 4.27. The van der Waals surface area contributed by atoms with Crippen LogP contribution in [0.4, 0.5) is 0 Å². The Morgan fingerprint density at radius 2 is 1.88 bits per heavy atom. The van der Waals surface area contributed by atoms with E-state index in [0.29, 0.717) is 6.54 Å². The van der Waals surface area contributed by atoms with Crippen LogP contribution in [-0.4, -0.2) is 38.9 Å². The second kappa shape index (κ2) is 7.65. The van der Waals surface area contributed by atoms with Gasteiger partial charge in [0.1, 0.15) is 0 Å². The van der Waals surface area contributed by atoms with Gasteiger partial charge in [0, 0.05) is 17.0 Å². The van der Waals surface area contributed by atoms with Crippen molar-refractivity contribution < 1.29 is 13.2 Å². The highest BCUT2D eigenvalue weighted by atomic mass is 32.2. The summed E-state index contributed by atoms with van der Waals surface area (Å²) in [6.45, 7) is 2.29. The maximum Gasteiger partial charge on any atom is 0.248 e. The lowest BCUT2D eigenvalue weighted by atomic mass is 10.2. The van der Waals surface area contributed by atoms with Crippen molar-refractivity contribution in [3.05, 3.63) is 52.2 Å². The first kappa shape index (κ1) is 18.1. The third-order valence-electron chi connectivity index (χ3n) is 4.37. The molecule has 1 saturated heterocycles. The van der Waals surface area contributed by atoms with Gasteiger partial charge < -0.3 is 5.73 Å². The predicted molar refractivity (Wildman–Crippen MR) is 98.0 cm³/mol. The normalized spacial score (nSPS) is 16.8. The van der Waals surface area contributed by atoms with Gasteiger partial charge in [-0.15, -0.1) is 11.3 Å². The number of nitrogens with zero attached hydrogens (tertiary/aromatic N) is 1. The number of nitrogens with one attached hydrogen (secondary N) is 1. The largest absolute Gasteiger partial charge is 0.366 e. The van der Waals surface area contributed by atoms with Crippen LogP contribution in [0, 0.1) is 0 Å². The minimum absolute atomic E-state index is 0.0437. The summed E-state index contributed by atoms with van der Waals surface area (Å²) in [6.07, 6.45) is 2.28. The van der Waals surface area contributed by atoms with Crippen LogP contribution in [0.1, 0.15) is 34.1 Å². The van der Waals surface area contributed by atoms with Crippen LogP contribution in [0.25, 0.3) is 0 Å². The number of nitrogens with two attached hydrogens (primary N) is 1. The molecule has 0 bridgehead atoms. The van der Waals surface area contributed by atoms with Gasteiger partial charge >= 0.3 is 0 Å². The number of carbonyl (C=O) groups is 1. The Morgan fingerprint density at radius 3 is 2.44 bits per heavy atom. The Bertz CT molecular complexity index is 811. The van der Waals surface area contributed by atoms with Crippen LogP contribution in [0.15, 0.2) is 46.7 Å². The zero-order chi connectivity index (χ0) is 17.9. The van der Waals surface area contributed by atoms with Crippen LogP contribution in [0.2, 0.25) is 0 Å². The molecule has 1 fully saturated rings. The van der Waals surface area contributed by atoms with Crippen LogP contribution in [0.5, 0.6) is 0 Å². The van der Waals surface area contributed by atoms with Gasteiger partial charge in [-0.05, 0) is 61.6 Å². The monoisotopic (exact) mass is 379 g/mol. The van der Waals surface area contributed by atoms with Crippen molar-refractivity contribution in [2.45, 2.75) is 23.8 Å². The van der Waals surface area contributed by atoms with Gasteiger partial charge in [-0.25, -0.2) is 13.1 Å². The van der Waals surface area contributed by atoms with Crippen molar-refractivity contribution in [1.29, 1.82) is 0 Å². The lowest BCUT2D eigenvalue weighted by Crippen LogP contribution is -2.36. The van der Waals surface area contributed by atoms with Crippen LogP contribution >= 0.6 is 11.3 Å². The van der Waals surface area contributed by atoms with E-state index in [4.69, 9.17) is 5.73 Å². The van der Waals surface area contributed by atoms with Crippen molar-refractivity contribution >= 4 is 27.3 Å². The number of likely N-dealkylation sites (tertiary alicyclic amines) is 1. The number of amides is 1. The van der Waals surface area contributed by atoms with E-state index in [9.17, 15) is 13.2 Å². The lowest BCUT2D eigenvalue weighted by Gasteiger charge is -2.26. The van der Waals surface area contributed by atoms with Crippen molar-refractivity contribution in [2.75, 3.05) is 19.6 Å². The van der Waals surface area contributed by atoms with E-state index >= 15 is 0 Å². The first-order valence-corrected chi connectivity index (χ1v) is 10.5. The van der Waals surface area contributed by atoms with Gasteiger partial charge in [0.15, 0.2) is 0 Å². The van der Waals surface area contributed by atoms with E-state index in [0.717, 1.165) is 30.8 Å². The summed E-state index contributed by atoms with van der Waals surface area (Å²) in [5.41, 5.74) is 5.47. The van der Waals surface area contributed by atoms with Crippen molar-refractivity contribution in [1.82, 2.24) is 9.62 Å². The first-order valence-electron chi connectivity index (χ1n) is 8.14. The fourth-order valence-corrected chi connectivity index (χ4v) is 4.91. The zero-order valence-corrected chi connectivity index (χ0v) is 15.4. The number of sulfonamides is 1. The average molecular weight is 380 g/mol. The minimum atomic E-state index is -3.64. The summed E-state index contributed by atoms with van der Waals surface area (Å²) in [7, 11) is -3.64. The Morgan fingerprint density at radius 1 is 1.20 bits per heavy atom. The summed E-state index contributed by atoms with van der Waals surface area (Å²) >= 11 is 1.64. The second-order valence-corrected chi connectivity index (χ2v) is 8.76. The fraction of sp³-hybridized carbons (Fsp3) is 0.353. The number of rotatable bonds is 7. The third-order valence-corrected chi connectivity index (χ3v) is 6.78. The molecule has 1 aliphatic heterocycles. The molecule has 134 valence electrons. The van der Waals surface area contributed by atoms with Crippen molar-refractivity contribution in [2.24, 2.45) is 5.73 Å². The van der Waals surface area contributed by atoms with Gasteiger partial charge in [-0.2, -0.15) is 0 Å². The molecule has 0 saturated carbocycles. The molecule has 1 aliphatic rings. The molecular formula is C17H21N3O3S2. The molecule has 2 heterocycles. The number of hydrogen-bond acceptors (Lipinski definition) is 5. The van der Waals surface area contributed by atoms with Gasteiger partial charge in [0.2, 0.25) is 15.9 Å². The van der Waals surface area contributed by atoms with Crippen molar-refractivity contribution in [3.63, 3.8) is 0 Å². The van der Waals surface area contributed by atoms with Gasteiger partial charge in [0.25, 0.3) is 0 Å². The molecule has 25 heavy (non-hydrogen) atoms. The van der Waals surface area contributed by atoms with Crippen LogP contribution in [-0.2, 0) is 10.0 Å². The summed E-state index contributed by atoms with van der Waals surface area (Å²) in [5, 5.41) is 2.01. The van der Waals surface area contributed by atoms with E-state index in [2.05, 4.69) is 9.62 Å². The molecule has 3 rings (SSSR count). The van der Waals surface area contributed by atoms with Crippen LogP contribution in [0.3, 0.4) is 0 Å². The predicted octanol–water partition coefficient (Wildman–Crippen LogP) is 1.96. The molecule has 1 aromatic heterocycles. The standard InChI is InChI=1S/C17H21N3O3S2/c18-17(21)13-5-7-14(8-6-13)25(22,23)19-12-15(16-4-3-11-24-16)20-9-1-2-10-20/h3-8,11,15,19H,1-2,9-10,12H2,(H2,18,21). The highest BCUT2D eigenvalue weighted by molar-refractivity contribution is 7.89. The molecule has 1 atom stereocenters. The van der Waals surface area contributed by atoms with E-state index in [1.54, 1.807) is 11.3 Å². The summed E-state index contributed by atoms with van der Waals surface area (Å²) < 4.78 is 27.8. The Kier molecular flexibility index (Phi) is 5.53. The smallest absolute Gasteiger partial charge is 0.248 e. The summed E-state index contributed by atoms with van der Waals surface area (Å²) in [4.78, 5) is 14.7. The maximum absolute atomic E-state index is 12.6. The number of primary amides is 1. The van der Waals surface area contributed by atoms with E-state index in [1.807, 2.05) is 17.5 Å². The molecule has 1 amide bonds. The quantitative estimate of drug-likeness (QED) is 0.769. The molecule has 1 aromatic carbocycles. The highest BCUT2D eigenvalue weighted by Gasteiger charge is 2.26. The maximum atomic E-state index is 12.6. The molecule has 6 nitrogen and oxygen atoms in total. The average Bonchev–Trinajstić information content (AvgIpc) is 3.29. The number of hydrogen-bond donors (Lipinski definition) is 2. The summed E-state index contributed by atoms with van der Waals surface area (Å²) in [5.74, 6) is -0.580. The molecule has 0 spiro atoms. The zero-order valence-electron chi connectivity index (χ0n) is 13.7. The molecule has 0 aliphatic carbocycles. The first-order chi connectivity index (χ1) is 12.0. The lowest BCUT2D eigenvalue weighted by molar-refractivity contribution is 0.1000. The topological polar surface area (TPSA) is 92.5 Å². The van der Waals surface area contributed by atoms with Crippen molar-refractivity contribution in [3.8, 4) is 0 Å². The molecular weight excluding hydrogens is 358 g/mol. The number of benzene rings is 1. The molecule has 1 unspecified atom stereocenters. The summed E-state index contributed by atoms with van der Waals surface area (Å²) in [6, 6.07) is 9.73. The van der Waals surface area contributed by atoms with Gasteiger partial charge in [0.05, 0.1) is 10.9 Å². The Balaban J connectivity index is 1.73. The minimum Gasteiger partial charge on any atom is -0.366 e. The Hall–Kier alpha value is -1.74. The van der Waals surface area contributed by atoms with Crippen LogP contribution < -0.4 is 10.5 Å². The van der Waals surface area contributed by atoms with E-state index in [-0.39, 0.29) is 16.5 Å². The molecule has 8 heteroatoms. The molecule has 0 radical (unpaired) electrons. The number of carbonyl (C=O) groups excluding carboxylic acids is 1. The highest BCUT2D eigenvalue weighted by Crippen LogP contribution is 2.28. The van der Waals surface area contributed by atoms with E-state index in [1.165, 1.54) is 24.3 Å². The molecule has 2 aromatic rings. The fourth-order valence-electron chi connectivity index (χ4n) is 3.01. The van der Waals surface area contributed by atoms with Gasteiger partial charge in [-0.3, -0.25) is 9.69 Å². The van der Waals surface area contributed by atoms with E-state index < -0.39 is 15.9 Å². The molecule has 3 N–H and O–H groups in total. The number of thiophene rings is 1. The van der Waals surface area contributed by atoms with Gasteiger partial charge in [-0.1, -0.05) is 6.07 Å². The second-order valence-electron chi connectivity index (χ2n) is 6.01.